The van der Waals surface area contributed by atoms with Crippen molar-refractivity contribution in [3.8, 4) is 0 Å². The summed E-state index contributed by atoms with van der Waals surface area (Å²) in [7, 11) is 0. The molecule has 1 amide bonds. The standard InChI is InChI=1S/C11H15BrN2OS.ClH/c1-7-6-13-3-4-14(7)11(15)9-5-8(2)16-10(9)12;/h5,7,13H,3-4,6H2,1-2H3;1H/t7-;/m0./s1. The third kappa shape index (κ3) is 3.22. The highest BCUT2D eigenvalue weighted by atomic mass is 79.9. The number of thiophene rings is 1. The molecule has 1 N–H and O–H groups in total. The van der Waals surface area contributed by atoms with Crippen molar-refractivity contribution in [3.63, 3.8) is 0 Å². The number of nitrogens with one attached hydrogen (secondary N) is 1. The van der Waals surface area contributed by atoms with E-state index in [9.17, 15) is 4.79 Å². The Balaban J connectivity index is 0.00000144. The van der Waals surface area contributed by atoms with E-state index in [1.165, 1.54) is 0 Å². The lowest BCUT2D eigenvalue weighted by Crippen LogP contribution is -2.52. The van der Waals surface area contributed by atoms with Crippen LogP contribution in [0.5, 0.6) is 0 Å². The van der Waals surface area contributed by atoms with E-state index in [1.807, 2.05) is 17.9 Å². The summed E-state index contributed by atoms with van der Waals surface area (Å²) in [6.07, 6.45) is 0. The topological polar surface area (TPSA) is 32.3 Å². The molecule has 0 bridgehead atoms. The Morgan fingerprint density at radius 3 is 2.88 bits per heavy atom. The second-order valence-corrected chi connectivity index (χ2v) is 6.67. The molecular formula is C11H16BrClN2OS. The molecule has 1 aromatic heterocycles. The summed E-state index contributed by atoms with van der Waals surface area (Å²) in [5.41, 5.74) is 0.802. The van der Waals surface area contributed by atoms with E-state index in [-0.39, 0.29) is 24.4 Å². The third-order valence-corrected chi connectivity index (χ3v) is 4.55. The molecule has 2 heterocycles. The summed E-state index contributed by atoms with van der Waals surface area (Å²) < 4.78 is 0.945. The van der Waals surface area contributed by atoms with Crippen molar-refractivity contribution in [1.29, 1.82) is 0 Å². The zero-order valence-corrected chi connectivity index (χ0v) is 13.0. The fourth-order valence-electron chi connectivity index (χ4n) is 1.93. The Morgan fingerprint density at radius 2 is 2.35 bits per heavy atom. The molecule has 1 fully saturated rings. The second-order valence-electron chi connectivity index (χ2n) is 4.10. The van der Waals surface area contributed by atoms with Crippen LogP contribution in [-0.4, -0.2) is 36.5 Å². The first-order chi connectivity index (χ1) is 7.59. The molecule has 0 spiro atoms. The Morgan fingerprint density at radius 1 is 1.65 bits per heavy atom. The quantitative estimate of drug-likeness (QED) is 0.853. The number of rotatable bonds is 1. The third-order valence-electron chi connectivity index (χ3n) is 2.80. The van der Waals surface area contributed by atoms with Crippen LogP contribution >= 0.6 is 39.7 Å². The molecule has 2 rings (SSSR count). The minimum atomic E-state index is 0. The highest BCUT2D eigenvalue weighted by Crippen LogP contribution is 2.29. The van der Waals surface area contributed by atoms with Crippen LogP contribution in [0.2, 0.25) is 0 Å². The number of amides is 1. The van der Waals surface area contributed by atoms with Crippen LogP contribution < -0.4 is 5.32 Å². The van der Waals surface area contributed by atoms with E-state index in [1.54, 1.807) is 11.3 Å². The van der Waals surface area contributed by atoms with Gasteiger partial charge in [-0.3, -0.25) is 4.79 Å². The van der Waals surface area contributed by atoms with Crippen molar-refractivity contribution in [3.05, 3.63) is 20.3 Å². The predicted octanol–water partition coefficient (Wildman–Crippen LogP) is 2.67. The van der Waals surface area contributed by atoms with Gasteiger partial charge in [0.15, 0.2) is 0 Å². The van der Waals surface area contributed by atoms with Crippen molar-refractivity contribution in [1.82, 2.24) is 10.2 Å². The Kier molecular flexibility index (Phi) is 5.44. The average Bonchev–Trinajstić information content (AvgIpc) is 2.58. The van der Waals surface area contributed by atoms with Crippen LogP contribution in [0.4, 0.5) is 0 Å². The Bertz CT molecular complexity index is 410. The fourth-order valence-corrected chi connectivity index (χ4v) is 3.69. The van der Waals surface area contributed by atoms with Gasteiger partial charge in [-0.1, -0.05) is 0 Å². The minimum Gasteiger partial charge on any atom is -0.333 e. The summed E-state index contributed by atoms with van der Waals surface area (Å²) in [6, 6.07) is 2.24. The van der Waals surface area contributed by atoms with Crippen LogP contribution in [0.25, 0.3) is 0 Å². The first kappa shape index (κ1) is 15.0. The van der Waals surface area contributed by atoms with Crippen LogP contribution in [0.3, 0.4) is 0 Å². The van der Waals surface area contributed by atoms with Crippen molar-refractivity contribution in [2.75, 3.05) is 19.6 Å². The van der Waals surface area contributed by atoms with Crippen LogP contribution in [-0.2, 0) is 0 Å². The van der Waals surface area contributed by atoms with E-state index < -0.39 is 0 Å². The van der Waals surface area contributed by atoms with Crippen LogP contribution in [0, 0.1) is 6.92 Å². The van der Waals surface area contributed by atoms with Crippen molar-refractivity contribution in [2.45, 2.75) is 19.9 Å². The number of aryl methyl sites for hydroxylation is 1. The highest BCUT2D eigenvalue weighted by molar-refractivity contribution is 9.11. The molecule has 1 atom stereocenters. The lowest BCUT2D eigenvalue weighted by atomic mass is 10.2. The van der Waals surface area contributed by atoms with Crippen LogP contribution in [0.15, 0.2) is 9.85 Å². The molecular weight excluding hydrogens is 324 g/mol. The Labute approximate surface area is 120 Å². The summed E-state index contributed by atoms with van der Waals surface area (Å²) in [4.78, 5) is 15.4. The monoisotopic (exact) mass is 338 g/mol. The first-order valence-electron chi connectivity index (χ1n) is 5.37. The number of carbonyl (C=O) groups excluding carboxylic acids is 1. The van der Waals surface area contributed by atoms with Gasteiger partial charge in [0.25, 0.3) is 5.91 Å². The molecule has 0 radical (unpaired) electrons. The maximum Gasteiger partial charge on any atom is 0.256 e. The SMILES string of the molecule is Cc1cc(C(=O)N2CCNC[C@@H]2C)c(Br)s1.Cl. The maximum atomic E-state index is 12.3. The first-order valence-corrected chi connectivity index (χ1v) is 6.98. The molecule has 96 valence electrons. The largest absolute Gasteiger partial charge is 0.333 e. The van der Waals surface area contributed by atoms with Gasteiger partial charge in [0.1, 0.15) is 0 Å². The van der Waals surface area contributed by atoms with Crippen LogP contribution in [0.1, 0.15) is 22.2 Å². The molecule has 1 aromatic rings. The zero-order chi connectivity index (χ0) is 11.7. The highest BCUT2D eigenvalue weighted by Gasteiger charge is 2.26. The van der Waals surface area contributed by atoms with Gasteiger partial charge >= 0.3 is 0 Å². The molecule has 17 heavy (non-hydrogen) atoms. The summed E-state index contributed by atoms with van der Waals surface area (Å²) in [5, 5.41) is 3.29. The van der Waals surface area contributed by atoms with Gasteiger partial charge in [-0.15, -0.1) is 23.7 Å². The number of hydrogen-bond acceptors (Lipinski definition) is 3. The summed E-state index contributed by atoms with van der Waals surface area (Å²) in [5.74, 6) is 0.144. The van der Waals surface area contributed by atoms with Gasteiger partial charge in [0.05, 0.1) is 9.35 Å². The van der Waals surface area contributed by atoms with E-state index in [0.29, 0.717) is 0 Å². The Hall–Kier alpha value is -0.1000. The van der Waals surface area contributed by atoms with Gasteiger partial charge in [0.2, 0.25) is 0 Å². The molecule has 1 saturated heterocycles. The van der Waals surface area contributed by atoms with Crippen molar-refractivity contribution in [2.24, 2.45) is 0 Å². The lowest BCUT2D eigenvalue weighted by Gasteiger charge is -2.33. The van der Waals surface area contributed by atoms with E-state index >= 15 is 0 Å². The zero-order valence-electron chi connectivity index (χ0n) is 9.83. The fraction of sp³-hybridized carbons (Fsp3) is 0.545. The molecule has 3 nitrogen and oxygen atoms in total. The number of carbonyl (C=O) groups is 1. The van der Waals surface area contributed by atoms with E-state index in [0.717, 1.165) is 33.9 Å². The molecule has 0 aliphatic carbocycles. The normalized spacial score (nSPS) is 19.9. The second kappa shape index (κ2) is 6.18. The number of halogens is 2. The van der Waals surface area contributed by atoms with Crippen molar-refractivity contribution < 1.29 is 4.79 Å². The minimum absolute atomic E-state index is 0. The molecule has 1 aliphatic rings. The van der Waals surface area contributed by atoms with E-state index in [4.69, 9.17) is 0 Å². The van der Waals surface area contributed by atoms with Gasteiger partial charge < -0.3 is 10.2 Å². The number of piperazine rings is 1. The van der Waals surface area contributed by atoms with Gasteiger partial charge in [-0.25, -0.2) is 0 Å². The maximum absolute atomic E-state index is 12.3. The summed E-state index contributed by atoms with van der Waals surface area (Å²) >= 11 is 5.08. The smallest absolute Gasteiger partial charge is 0.256 e. The predicted molar refractivity (Wildman–Crippen MR) is 77.4 cm³/mol. The molecule has 6 heteroatoms. The molecule has 0 aromatic carbocycles. The number of hydrogen-bond donors (Lipinski definition) is 1. The lowest BCUT2D eigenvalue weighted by molar-refractivity contribution is 0.0655. The molecule has 0 saturated carbocycles. The molecule has 1 aliphatic heterocycles. The number of nitrogens with zero attached hydrogens (tertiary/aromatic N) is 1. The summed E-state index contributed by atoms with van der Waals surface area (Å²) in [6.45, 7) is 6.66. The van der Waals surface area contributed by atoms with Gasteiger partial charge in [-0.2, -0.15) is 0 Å². The molecule has 0 unspecified atom stereocenters. The average molecular weight is 340 g/mol. The van der Waals surface area contributed by atoms with Gasteiger partial charge in [0, 0.05) is 30.6 Å². The van der Waals surface area contributed by atoms with Gasteiger partial charge in [-0.05, 0) is 35.8 Å². The van der Waals surface area contributed by atoms with Crippen molar-refractivity contribution >= 4 is 45.6 Å². The van der Waals surface area contributed by atoms with E-state index in [2.05, 4.69) is 28.2 Å².